The molecule has 186 valence electrons. The van der Waals surface area contributed by atoms with E-state index in [4.69, 9.17) is 0 Å². The lowest BCUT2D eigenvalue weighted by molar-refractivity contribution is 1.28. The van der Waals surface area contributed by atoms with Crippen molar-refractivity contribution in [1.82, 2.24) is 0 Å². The van der Waals surface area contributed by atoms with Crippen molar-refractivity contribution in [3.05, 3.63) is 151 Å². The molecule has 0 aliphatic heterocycles. The van der Waals surface area contributed by atoms with E-state index in [1.54, 1.807) is 0 Å². The number of aryl methyl sites for hydroxylation is 1. The molecule has 1 aromatic heterocycles. The summed E-state index contributed by atoms with van der Waals surface area (Å²) in [6.45, 7) is 2.15. The van der Waals surface area contributed by atoms with Gasteiger partial charge in [0.25, 0.3) is 0 Å². The van der Waals surface area contributed by atoms with Gasteiger partial charge in [-0.1, -0.05) is 103 Å². The maximum atomic E-state index is 2.36. The van der Waals surface area contributed by atoms with Crippen LogP contribution in [0, 0.1) is 6.92 Å². The van der Waals surface area contributed by atoms with Gasteiger partial charge >= 0.3 is 0 Å². The highest BCUT2D eigenvalue weighted by Gasteiger charge is 2.17. The van der Waals surface area contributed by atoms with Crippen LogP contribution in [0.2, 0.25) is 0 Å². The highest BCUT2D eigenvalue weighted by molar-refractivity contribution is 7.25. The SMILES string of the molecule is Cc1cccc(-c2ccccc2N(c2ccccc2)c2ccc(-c3ccc4sc5ccccc5c4c3)cc2)c1. The molecule has 0 unspecified atom stereocenters. The molecule has 0 amide bonds. The van der Waals surface area contributed by atoms with E-state index in [0.717, 1.165) is 17.1 Å². The molecular formula is C37H27NS. The third kappa shape index (κ3) is 4.39. The maximum absolute atomic E-state index is 2.36. The molecule has 0 N–H and O–H groups in total. The Morgan fingerprint density at radius 2 is 1.15 bits per heavy atom. The number of rotatable bonds is 5. The molecule has 0 aliphatic carbocycles. The zero-order valence-corrected chi connectivity index (χ0v) is 22.5. The molecule has 7 aromatic rings. The van der Waals surface area contributed by atoms with Crippen LogP contribution in [0.3, 0.4) is 0 Å². The highest BCUT2D eigenvalue weighted by Crippen LogP contribution is 2.42. The Morgan fingerprint density at radius 3 is 2.00 bits per heavy atom. The van der Waals surface area contributed by atoms with Crippen molar-refractivity contribution in [2.45, 2.75) is 6.92 Å². The summed E-state index contributed by atoms with van der Waals surface area (Å²) in [4.78, 5) is 2.36. The maximum Gasteiger partial charge on any atom is 0.0540 e. The number of anilines is 3. The van der Waals surface area contributed by atoms with Crippen molar-refractivity contribution in [3.8, 4) is 22.3 Å². The summed E-state index contributed by atoms with van der Waals surface area (Å²) < 4.78 is 2.67. The molecule has 6 aromatic carbocycles. The second-order valence-electron chi connectivity index (χ2n) is 9.91. The Morgan fingerprint density at radius 1 is 0.462 bits per heavy atom. The fourth-order valence-electron chi connectivity index (χ4n) is 5.44. The molecule has 0 spiro atoms. The fourth-order valence-corrected chi connectivity index (χ4v) is 6.52. The summed E-state index contributed by atoms with van der Waals surface area (Å²) in [7, 11) is 0. The standard InChI is InChI=1S/C37H27NS/c1-26-10-9-11-29(24-26)32-14-5-7-16-35(32)38(30-12-3-2-4-13-30)31-21-18-27(19-22-31)28-20-23-37-34(25-28)33-15-6-8-17-36(33)39-37/h2-25H,1H3. The van der Waals surface area contributed by atoms with E-state index in [1.165, 1.54) is 48.0 Å². The van der Waals surface area contributed by atoms with Crippen molar-refractivity contribution in [2.75, 3.05) is 4.90 Å². The van der Waals surface area contributed by atoms with Crippen LogP contribution in [-0.2, 0) is 0 Å². The molecule has 1 nitrogen and oxygen atoms in total. The topological polar surface area (TPSA) is 3.24 Å². The Bertz CT molecular complexity index is 1920. The lowest BCUT2D eigenvalue weighted by Crippen LogP contribution is -2.11. The first-order valence-electron chi connectivity index (χ1n) is 13.3. The molecule has 2 heteroatoms. The molecule has 0 fully saturated rings. The summed E-state index contributed by atoms with van der Waals surface area (Å²) in [5.41, 5.74) is 9.58. The van der Waals surface area contributed by atoms with Crippen molar-refractivity contribution in [1.29, 1.82) is 0 Å². The summed E-state index contributed by atoms with van der Waals surface area (Å²) in [6.07, 6.45) is 0. The lowest BCUT2D eigenvalue weighted by Gasteiger charge is -2.28. The second kappa shape index (κ2) is 9.90. The van der Waals surface area contributed by atoms with Crippen molar-refractivity contribution in [2.24, 2.45) is 0 Å². The third-order valence-corrected chi connectivity index (χ3v) is 8.48. The average molecular weight is 518 g/mol. The van der Waals surface area contributed by atoms with Gasteiger partial charge in [0, 0.05) is 37.1 Å². The monoisotopic (exact) mass is 517 g/mol. The minimum absolute atomic E-state index is 1.13. The summed E-state index contributed by atoms with van der Waals surface area (Å²) in [5.74, 6) is 0. The van der Waals surface area contributed by atoms with E-state index in [1.807, 2.05) is 11.3 Å². The van der Waals surface area contributed by atoms with E-state index in [9.17, 15) is 0 Å². The molecule has 7 rings (SSSR count). The first-order chi connectivity index (χ1) is 19.2. The van der Waals surface area contributed by atoms with Crippen LogP contribution < -0.4 is 4.90 Å². The minimum Gasteiger partial charge on any atom is -0.310 e. The van der Waals surface area contributed by atoms with Gasteiger partial charge in [0.1, 0.15) is 0 Å². The van der Waals surface area contributed by atoms with Crippen LogP contribution in [0.1, 0.15) is 5.56 Å². The first kappa shape index (κ1) is 23.5. The second-order valence-corrected chi connectivity index (χ2v) is 11.0. The van der Waals surface area contributed by atoms with Gasteiger partial charge in [0.2, 0.25) is 0 Å². The summed E-state index contributed by atoms with van der Waals surface area (Å²) in [5, 5.41) is 2.66. The molecule has 0 bridgehead atoms. The van der Waals surface area contributed by atoms with Gasteiger partial charge in [-0.05, 0) is 72.1 Å². The zero-order chi connectivity index (χ0) is 26.2. The predicted molar refractivity (Wildman–Crippen MR) is 170 cm³/mol. The normalized spacial score (nSPS) is 11.2. The van der Waals surface area contributed by atoms with Crippen molar-refractivity contribution < 1.29 is 0 Å². The summed E-state index contributed by atoms with van der Waals surface area (Å²) in [6, 6.07) is 52.6. The van der Waals surface area contributed by atoms with E-state index < -0.39 is 0 Å². The van der Waals surface area contributed by atoms with Crippen molar-refractivity contribution in [3.63, 3.8) is 0 Å². The van der Waals surface area contributed by atoms with E-state index >= 15 is 0 Å². The Labute approximate surface area is 233 Å². The van der Waals surface area contributed by atoms with Gasteiger partial charge in [-0.2, -0.15) is 0 Å². The first-order valence-corrected chi connectivity index (χ1v) is 14.1. The number of hydrogen-bond donors (Lipinski definition) is 0. The van der Waals surface area contributed by atoms with E-state index in [0.29, 0.717) is 0 Å². The van der Waals surface area contributed by atoms with E-state index in [2.05, 4.69) is 157 Å². The van der Waals surface area contributed by atoms with E-state index in [-0.39, 0.29) is 0 Å². The van der Waals surface area contributed by atoms with Crippen LogP contribution in [0.25, 0.3) is 42.4 Å². The predicted octanol–water partition coefficient (Wildman–Crippen LogP) is 11.2. The molecule has 0 radical (unpaired) electrons. The smallest absolute Gasteiger partial charge is 0.0540 e. The number of hydrogen-bond acceptors (Lipinski definition) is 2. The number of para-hydroxylation sites is 2. The number of thiophene rings is 1. The van der Waals surface area contributed by atoms with Crippen LogP contribution in [0.5, 0.6) is 0 Å². The van der Waals surface area contributed by atoms with Gasteiger partial charge in [-0.25, -0.2) is 0 Å². The molecule has 0 saturated carbocycles. The molecular weight excluding hydrogens is 490 g/mol. The molecule has 1 heterocycles. The van der Waals surface area contributed by atoms with Gasteiger partial charge in [-0.15, -0.1) is 11.3 Å². The van der Waals surface area contributed by atoms with Gasteiger partial charge in [0.15, 0.2) is 0 Å². The zero-order valence-electron chi connectivity index (χ0n) is 21.7. The number of nitrogens with zero attached hydrogens (tertiary/aromatic N) is 1. The molecule has 0 saturated heterocycles. The van der Waals surface area contributed by atoms with Crippen molar-refractivity contribution >= 4 is 48.6 Å². The number of fused-ring (bicyclic) bond motifs is 3. The number of benzene rings is 6. The largest absolute Gasteiger partial charge is 0.310 e. The third-order valence-electron chi connectivity index (χ3n) is 7.32. The molecule has 0 atom stereocenters. The van der Waals surface area contributed by atoms with Crippen LogP contribution in [0.15, 0.2) is 146 Å². The van der Waals surface area contributed by atoms with Crippen LogP contribution in [0.4, 0.5) is 17.1 Å². The van der Waals surface area contributed by atoms with Gasteiger partial charge in [0.05, 0.1) is 5.69 Å². The summed E-state index contributed by atoms with van der Waals surface area (Å²) >= 11 is 1.86. The minimum atomic E-state index is 1.13. The van der Waals surface area contributed by atoms with Gasteiger partial charge in [-0.3, -0.25) is 0 Å². The quantitative estimate of drug-likeness (QED) is 0.219. The van der Waals surface area contributed by atoms with Crippen LogP contribution >= 0.6 is 11.3 Å². The highest BCUT2D eigenvalue weighted by atomic mass is 32.1. The fraction of sp³-hybridized carbons (Fsp3) is 0.0270. The molecule has 0 aliphatic rings. The Balaban J connectivity index is 1.33. The Hall–Kier alpha value is -4.66. The van der Waals surface area contributed by atoms with Gasteiger partial charge < -0.3 is 4.90 Å². The lowest BCUT2D eigenvalue weighted by atomic mass is 9.99. The van der Waals surface area contributed by atoms with Crippen LogP contribution in [-0.4, -0.2) is 0 Å². The Kier molecular flexibility index (Phi) is 5.96. The molecule has 39 heavy (non-hydrogen) atoms. The average Bonchev–Trinajstić information content (AvgIpc) is 3.37.